The van der Waals surface area contributed by atoms with Crippen LogP contribution in [0.1, 0.15) is 24.0 Å². The standard InChI is InChI=1S/C17H18ClNO3/c18-14-7-4-12(5-8-14)2-1-3-17(22)19-11-13-6-9-15(20)10-16(13)21/h4-10,20-21H,1-3,11H2,(H,19,22). The fraction of sp³-hybridized carbons (Fsp3) is 0.235. The van der Waals surface area contributed by atoms with E-state index in [-0.39, 0.29) is 24.0 Å². The number of phenolic OH excluding ortho intramolecular Hbond substituents is 2. The number of phenols is 2. The SMILES string of the molecule is O=C(CCCc1ccc(Cl)cc1)NCc1ccc(O)cc1O. The van der Waals surface area contributed by atoms with Crippen LogP contribution >= 0.6 is 11.6 Å². The van der Waals surface area contributed by atoms with E-state index in [0.29, 0.717) is 17.0 Å². The molecule has 0 radical (unpaired) electrons. The highest BCUT2D eigenvalue weighted by Crippen LogP contribution is 2.22. The van der Waals surface area contributed by atoms with E-state index in [1.807, 2.05) is 24.3 Å². The van der Waals surface area contributed by atoms with Gasteiger partial charge in [0.15, 0.2) is 0 Å². The molecule has 0 spiro atoms. The summed E-state index contributed by atoms with van der Waals surface area (Å²) in [7, 11) is 0. The summed E-state index contributed by atoms with van der Waals surface area (Å²) in [5.74, 6) is -0.0987. The second-order valence-electron chi connectivity index (χ2n) is 5.07. The molecule has 0 bridgehead atoms. The number of aromatic hydroxyl groups is 2. The van der Waals surface area contributed by atoms with Crippen LogP contribution in [0.25, 0.3) is 0 Å². The van der Waals surface area contributed by atoms with Gasteiger partial charge in [-0.1, -0.05) is 23.7 Å². The Bertz CT molecular complexity index is 641. The van der Waals surface area contributed by atoms with Gasteiger partial charge in [-0.3, -0.25) is 4.79 Å². The third-order valence-corrected chi connectivity index (χ3v) is 3.58. The summed E-state index contributed by atoms with van der Waals surface area (Å²) in [5.41, 5.74) is 1.72. The summed E-state index contributed by atoms with van der Waals surface area (Å²) >= 11 is 5.82. The molecule has 116 valence electrons. The minimum atomic E-state index is -0.0681. The van der Waals surface area contributed by atoms with Crippen LogP contribution in [0.4, 0.5) is 0 Å². The Morgan fingerprint density at radius 2 is 1.82 bits per heavy atom. The number of rotatable bonds is 6. The lowest BCUT2D eigenvalue weighted by Crippen LogP contribution is -2.22. The lowest BCUT2D eigenvalue weighted by molar-refractivity contribution is -0.121. The summed E-state index contributed by atoms with van der Waals surface area (Å²) in [5, 5.41) is 22.3. The van der Waals surface area contributed by atoms with E-state index < -0.39 is 0 Å². The molecular weight excluding hydrogens is 302 g/mol. The molecule has 4 nitrogen and oxygen atoms in total. The maximum Gasteiger partial charge on any atom is 0.220 e. The summed E-state index contributed by atoms with van der Waals surface area (Å²) in [6.07, 6.45) is 1.98. The number of amides is 1. The molecule has 3 N–H and O–H groups in total. The molecule has 22 heavy (non-hydrogen) atoms. The van der Waals surface area contributed by atoms with Gasteiger partial charge >= 0.3 is 0 Å². The van der Waals surface area contributed by atoms with Crippen molar-refractivity contribution in [1.29, 1.82) is 0 Å². The van der Waals surface area contributed by atoms with Crippen LogP contribution in [0.5, 0.6) is 11.5 Å². The molecule has 0 aromatic heterocycles. The number of hydrogen-bond acceptors (Lipinski definition) is 3. The van der Waals surface area contributed by atoms with Crippen LogP contribution in [0, 0.1) is 0 Å². The largest absolute Gasteiger partial charge is 0.508 e. The first kappa shape index (κ1) is 16.2. The highest BCUT2D eigenvalue weighted by molar-refractivity contribution is 6.30. The number of halogens is 1. The molecule has 0 heterocycles. The van der Waals surface area contributed by atoms with Gasteiger partial charge in [-0.2, -0.15) is 0 Å². The minimum Gasteiger partial charge on any atom is -0.508 e. The molecule has 0 aliphatic rings. The first-order valence-corrected chi connectivity index (χ1v) is 7.44. The molecule has 0 unspecified atom stereocenters. The monoisotopic (exact) mass is 319 g/mol. The first-order chi connectivity index (χ1) is 10.5. The van der Waals surface area contributed by atoms with Crippen LogP contribution in [0.3, 0.4) is 0 Å². The Morgan fingerprint density at radius 3 is 2.50 bits per heavy atom. The second kappa shape index (κ2) is 7.71. The Kier molecular flexibility index (Phi) is 5.67. The van der Waals surface area contributed by atoms with Crippen molar-refractivity contribution < 1.29 is 15.0 Å². The molecular formula is C17H18ClNO3. The molecule has 0 saturated carbocycles. The zero-order chi connectivity index (χ0) is 15.9. The predicted octanol–water partition coefficient (Wildman–Crippen LogP) is 3.39. The number of carbonyl (C=O) groups is 1. The summed E-state index contributed by atoms with van der Waals surface area (Å²) < 4.78 is 0. The number of aryl methyl sites for hydroxylation is 1. The molecule has 0 fully saturated rings. The van der Waals surface area contributed by atoms with E-state index in [1.165, 1.54) is 12.1 Å². The molecule has 2 aromatic rings. The molecule has 0 saturated heterocycles. The normalized spacial score (nSPS) is 10.4. The number of benzene rings is 2. The lowest BCUT2D eigenvalue weighted by Gasteiger charge is -2.07. The fourth-order valence-electron chi connectivity index (χ4n) is 2.09. The van der Waals surface area contributed by atoms with Crippen molar-refractivity contribution in [3.63, 3.8) is 0 Å². The lowest BCUT2D eigenvalue weighted by atomic mass is 10.1. The molecule has 2 aromatic carbocycles. The zero-order valence-corrected chi connectivity index (χ0v) is 12.8. The number of carbonyl (C=O) groups excluding carboxylic acids is 1. The molecule has 5 heteroatoms. The molecule has 2 rings (SSSR count). The van der Waals surface area contributed by atoms with Gasteiger partial charge in [-0.15, -0.1) is 0 Å². The van der Waals surface area contributed by atoms with Crippen LogP contribution in [-0.4, -0.2) is 16.1 Å². The van der Waals surface area contributed by atoms with Gasteiger partial charge in [-0.25, -0.2) is 0 Å². The van der Waals surface area contributed by atoms with Crippen molar-refractivity contribution in [2.45, 2.75) is 25.8 Å². The number of nitrogens with one attached hydrogen (secondary N) is 1. The van der Waals surface area contributed by atoms with Crippen molar-refractivity contribution in [1.82, 2.24) is 5.32 Å². The van der Waals surface area contributed by atoms with E-state index in [2.05, 4.69) is 5.32 Å². The Hall–Kier alpha value is -2.20. The maximum absolute atomic E-state index is 11.8. The van der Waals surface area contributed by atoms with Gasteiger partial charge in [0.05, 0.1) is 0 Å². The van der Waals surface area contributed by atoms with E-state index in [0.717, 1.165) is 18.4 Å². The zero-order valence-electron chi connectivity index (χ0n) is 12.1. The third-order valence-electron chi connectivity index (χ3n) is 3.33. The predicted molar refractivity (Wildman–Crippen MR) is 86.0 cm³/mol. The Morgan fingerprint density at radius 1 is 1.09 bits per heavy atom. The van der Waals surface area contributed by atoms with Gasteiger partial charge in [0, 0.05) is 29.6 Å². The highest BCUT2D eigenvalue weighted by Gasteiger charge is 2.05. The summed E-state index contributed by atoms with van der Waals surface area (Å²) in [6, 6.07) is 11.9. The first-order valence-electron chi connectivity index (χ1n) is 7.06. The molecule has 0 aliphatic heterocycles. The smallest absolute Gasteiger partial charge is 0.220 e. The van der Waals surface area contributed by atoms with Gasteiger partial charge in [-0.05, 0) is 42.7 Å². The van der Waals surface area contributed by atoms with Crippen LogP contribution in [-0.2, 0) is 17.8 Å². The van der Waals surface area contributed by atoms with Crippen LogP contribution in [0.2, 0.25) is 5.02 Å². The Labute approximate surface area is 134 Å². The quantitative estimate of drug-likeness (QED) is 0.764. The topological polar surface area (TPSA) is 69.6 Å². The molecule has 1 amide bonds. The third kappa shape index (κ3) is 4.97. The van der Waals surface area contributed by atoms with Crippen LogP contribution < -0.4 is 5.32 Å². The molecule has 0 aliphatic carbocycles. The van der Waals surface area contributed by atoms with Crippen molar-refractivity contribution >= 4 is 17.5 Å². The van der Waals surface area contributed by atoms with Crippen molar-refractivity contribution in [2.75, 3.05) is 0 Å². The van der Waals surface area contributed by atoms with Gasteiger partial charge in [0.2, 0.25) is 5.91 Å². The van der Waals surface area contributed by atoms with E-state index in [1.54, 1.807) is 6.07 Å². The van der Waals surface area contributed by atoms with Crippen molar-refractivity contribution in [2.24, 2.45) is 0 Å². The Balaban J connectivity index is 1.72. The number of hydrogen-bond donors (Lipinski definition) is 3. The van der Waals surface area contributed by atoms with Crippen molar-refractivity contribution in [3.05, 3.63) is 58.6 Å². The van der Waals surface area contributed by atoms with E-state index >= 15 is 0 Å². The average Bonchev–Trinajstić information content (AvgIpc) is 2.48. The average molecular weight is 320 g/mol. The maximum atomic E-state index is 11.8. The van der Waals surface area contributed by atoms with E-state index in [9.17, 15) is 15.0 Å². The van der Waals surface area contributed by atoms with Gasteiger partial charge in [0.1, 0.15) is 11.5 Å². The minimum absolute atomic E-state index is 0.00413. The van der Waals surface area contributed by atoms with Crippen molar-refractivity contribution in [3.8, 4) is 11.5 Å². The van der Waals surface area contributed by atoms with E-state index in [4.69, 9.17) is 11.6 Å². The van der Waals surface area contributed by atoms with Gasteiger partial charge < -0.3 is 15.5 Å². The fourth-order valence-corrected chi connectivity index (χ4v) is 2.21. The summed E-state index contributed by atoms with van der Waals surface area (Å²) in [4.78, 5) is 11.8. The van der Waals surface area contributed by atoms with Crippen LogP contribution in [0.15, 0.2) is 42.5 Å². The summed E-state index contributed by atoms with van der Waals surface area (Å²) in [6.45, 7) is 0.242. The van der Waals surface area contributed by atoms with Gasteiger partial charge in [0.25, 0.3) is 0 Å². The molecule has 0 atom stereocenters. The second-order valence-corrected chi connectivity index (χ2v) is 5.51. The highest BCUT2D eigenvalue weighted by atomic mass is 35.5.